The third-order valence-electron chi connectivity index (χ3n) is 6.85. The minimum absolute atomic E-state index is 0.354. The summed E-state index contributed by atoms with van der Waals surface area (Å²) >= 11 is 4.63. The van der Waals surface area contributed by atoms with Gasteiger partial charge in [-0.05, 0) is 0 Å². The van der Waals surface area contributed by atoms with Crippen LogP contribution in [0.5, 0.6) is 0 Å². The average Bonchev–Trinajstić information content (AvgIpc) is 3.31. The molecule has 0 aliphatic heterocycles. The second-order valence-electron chi connectivity index (χ2n) is 10.9. The fraction of sp³-hybridized carbons (Fsp3) is 0.375. The van der Waals surface area contributed by atoms with Crippen LogP contribution in [0.4, 0.5) is 0 Å². The number of pyridine rings is 1. The molecule has 2 heterocycles. The van der Waals surface area contributed by atoms with Crippen LogP contribution in [0, 0.1) is 3.89 Å². The zero-order valence-electron chi connectivity index (χ0n) is 23.6. The molecule has 0 saturated carbocycles. The number of hydrogen-bond acceptors (Lipinski definition) is 1. The van der Waals surface area contributed by atoms with Crippen LogP contribution >= 0.6 is 21.1 Å². The zero-order valence-corrected chi connectivity index (χ0v) is 26.6. The van der Waals surface area contributed by atoms with Gasteiger partial charge < -0.3 is 0 Å². The summed E-state index contributed by atoms with van der Waals surface area (Å²) < 4.78 is 6.50. The summed E-state index contributed by atoms with van der Waals surface area (Å²) in [4.78, 5) is 4.70. The summed E-state index contributed by atoms with van der Waals surface area (Å²) in [6.07, 6.45) is 6.17. The molecule has 0 fully saturated rings. The third-order valence-corrected chi connectivity index (χ3v) is 11.3. The molecule has 0 amide bonds. The number of hydrogen-bond donors (Lipinski definition) is 0. The Morgan fingerprint density at radius 2 is 1.03 bits per heavy atom. The molecular weight excluding hydrogens is 604 g/mol. The molecule has 0 aliphatic carbocycles. The first kappa shape index (κ1) is 29.0. The van der Waals surface area contributed by atoms with Gasteiger partial charge in [0.25, 0.3) is 0 Å². The van der Waals surface area contributed by atoms with Crippen molar-refractivity contribution < 1.29 is 15.3 Å². The molecule has 6 heteroatoms. The Morgan fingerprint density at radius 1 is 0.632 bits per heavy atom. The summed E-state index contributed by atoms with van der Waals surface area (Å²) in [6, 6.07) is 17.1. The minimum atomic E-state index is -2.09. The Hall–Kier alpha value is -1.96. The molecule has 0 spiro atoms. The molecular formula is C32H39Cl2N3Pd. The molecule has 206 valence electrons. The van der Waals surface area contributed by atoms with Gasteiger partial charge in [-0.25, -0.2) is 0 Å². The van der Waals surface area contributed by atoms with Crippen LogP contribution in [-0.2, 0) is 15.3 Å². The third kappa shape index (κ3) is 5.52. The van der Waals surface area contributed by atoms with E-state index in [-0.39, 0.29) is 0 Å². The van der Waals surface area contributed by atoms with Crippen molar-refractivity contribution in [2.75, 3.05) is 0 Å². The van der Waals surface area contributed by atoms with Gasteiger partial charge in [-0.2, -0.15) is 0 Å². The van der Waals surface area contributed by atoms with Gasteiger partial charge in [0.2, 0.25) is 0 Å². The summed E-state index contributed by atoms with van der Waals surface area (Å²) in [6.45, 7) is 18.1. The second-order valence-corrected chi connectivity index (χ2v) is 15.1. The molecule has 2 aromatic heterocycles. The number of imidazole rings is 1. The molecule has 0 aliphatic rings. The molecule has 0 radical (unpaired) electrons. The SMILES string of the molecule is CC(C)c1cccc(C(C)C)c1-n1ccn(-c2c(C(C)C)cccc2C(C)C)[c]1=[Pd]([Cl])[c]1ncccc1Cl. The number of rotatable bonds is 7. The summed E-state index contributed by atoms with van der Waals surface area (Å²) in [5, 5.41) is 0.616. The number of nitrogens with zero attached hydrogens (tertiary/aromatic N) is 3. The summed E-state index contributed by atoms with van der Waals surface area (Å²) in [5.41, 5.74) is 7.67. The molecule has 0 unspecified atom stereocenters. The van der Waals surface area contributed by atoms with Crippen LogP contribution in [0.3, 0.4) is 0 Å². The van der Waals surface area contributed by atoms with Gasteiger partial charge >= 0.3 is 243 Å². The van der Waals surface area contributed by atoms with Crippen molar-refractivity contribution in [2.24, 2.45) is 0 Å². The van der Waals surface area contributed by atoms with Crippen molar-refractivity contribution in [2.45, 2.75) is 79.1 Å². The van der Waals surface area contributed by atoms with Gasteiger partial charge in [0.1, 0.15) is 0 Å². The fourth-order valence-corrected chi connectivity index (χ4v) is 9.14. The maximum atomic E-state index is 7.54. The van der Waals surface area contributed by atoms with Crippen molar-refractivity contribution in [3.8, 4) is 11.4 Å². The predicted octanol–water partition coefficient (Wildman–Crippen LogP) is 9.44. The van der Waals surface area contributed by atoms with E-state index in [0.717, 1.165) is 8.06 Å². The Bertz CT molecular complexity index is 1370. The molecule has 0 bridgehead atoms. The number of benzene rings is 2. The average molecular weight is 643 g/mol. The van der Waals surface area contributed by atoms with E-state index in [2.05, 4.69) is 113 Å². The van der Waals surface area contributed by atoms with Crippen LogP contribution in [0.2, 0.25) is 5.02 Å². The normalized spacial score (nSPS) is 12.3. The van der Waals surface area contributed by atoms with E-state index in [4.69, 9.17) is 26.1 Å². The summed E-state index contributed by atoms with van der Waals surface area (Å²) in [7, 11) is 7.54. The topological polar surface area (TPSA) is 22.8 Å². The van der Waals surface area contributed by atoms with E-state index >= 15 is 0 Å². The van der Waals surface area contributed by atoms with Crippen LogP contribution in [0.1, 0.15) is 101 Å². The first-order valence-electron chi connectivity index (χ1n) is 13.3. The Kier molecular flexibility index (Phi) is 9.21. The fourth-order valence-electron chi connectivity index (χ4n) is 4.92. The van der Waals surface area contributed by atoms with Crippen molar-refractivity contribution in [3.05, 3.63) is 98.3 Å². The molecule has 4 rings (SSSR count). The van der Waals surface area contributed by atoms with E-state index in [1.807, 2.05) is 12.1 Å². The Morgan fingerprint density at radius 3 is 1.37 bits per heavy atom. The molecule has 0 N–H and O–H groups in total. The van der Waals surface area contributed by atoms with Gasteiger partial charge in [-0.15, -0.1) is 0 Å². The predicted molar refractivity (Wildman–Crippen MR) is 159 cm³/mol. The zero-order chi connectivity index (χ0) is 27.7. The molecule has 3 nitrogen and oxygen atoms in total. The number of halogens is 2. The van der Waals surface area contributed by atoms with Crippen LogP contribution in [0.25, 0.3) is 11.4 Å². The van der Waals surface area contributed by atoms with E-state index in [1.165, 1.54) is 33.6 Å². The molecule has 0 atom stereocenters. The monoisotopic (exact) mass is 641 g/mol. The first-order chi connectivity index (χ1) is 18.0. The van der Waals surface area contributed by atoms with E-state index in [1.54, 1.807) is 6.20 Å². The molecule has 4 aromatic rings. The summed E-state index contributed by atoms with van der Waals surface area (Å²) in [5.74, 6) is 1.42. The van der Waals surface area contributed by atoms with Crippen LogP contribution in [0.15, 0.2) is 67.1 Å². The number of aromatic nitrogens is 3. The van der Waals surface area contributed by atoms with E-state index < -0.39 is 15.3 Å². The first-order valence-corrected chi connectivity index (χ1v) is 17.3. The van der Waals surface area contributed by atoms with Crippen molar-refractivity contribution in [3.63, 3.8) is 0 Å². The number of para-hydroxylation sites is 2. The molecule has 2 aromatic carbocycles. The molecule has 38 heavy (non-hydrogen) atoms. The quantitative estimate of drug-likeness (QED) is 0.184. The van der Waals surface area contributed by atoms with Crippen molar-refractivity contribution >= 4 is 25.3 Å². The van der Waals surface area contributed by atoms with E-state index in [0.29, 0.717) is 28.7 Å². The van der Waals surface area contributed by atoms with Crippen molar-refractivity contribution in [1.82, 2.24) is 14.1 Å². The Balaban J connectivity index is 2.25. The molecule has 0 saturated heterocycles. The van der Waals surface area contributed by atoms with Gasteiger partial charge in [-0.3, -0.25) is 0 Å². The van der Waals surface area contributed by atoms with Crippen LogP contribution in [-0.4, -0.2) is 14.1 Å². The van der Waals surface area contributed by atoms with Crippen molar-refractivity contribution in [1.29, 1.82) is 0 Å². The Labute approximate surface area is 242 Å². The second kappa shape index (κ2) is 12.1. The van der Waals surface area contributed by atoms with E-state index in [9.17, 15) is 0 Å². The van der Waals surface area contributed by atoms with Gasteiger partial charge in [-0.1, -0.05) is 0 Å². The van der Waals surface area contributed by atoms with Gasteiger partial charge in [0.05, 0.1) is 0 Å². The van der Waals surface area contributed by atoms with Gasteiger partial charge in [0, 0.05) is 0 Å². The van der Waals surface area contributed by atoms with Crippen LogP contribution < -0.4 is 4.17 Å². The standard InChI is InChI=1S/C27H36N2.C5H3ClN.ClH.Pd/c1-18(2)22-11-9-12-23(19(3)4)26(22)28-15-16-29(17-28)27-24(20(5)6)13-10-14-25(27)21(7)8;6-5-2-1-3-7-4-5;;/h9-16,18-21H,1-8H3;1-3H;1H;/q;;;+1/p-1. The maximum absolute atomic E-state index is 7.54. The van der Waals surface area contributed by atoms with Gasteiger partial charge in [0.15, 0.2) is 0 Å².